The van der Waals surface area contributed by atoms with Crippen LogP contribution in [-0.2, 0) is 6.42 Å². The second-order valence-electron chi connectivity index (χ2n) is 8.16. The van der Waals surface area contributed by atoms with Gasteiger partial charge in [0, 0.05) is 51.9 Å². The molecule has 1 aliphatic heterocycles. The van der Waals surface area contributed by atoms with Crippen LogP contribution in [0.3, 0.4) is 0 Å². The Morgan fingerprint density at radius 2 is 2.00 bits per heavy atom. The number of hydrogen-bond acceptors (Lipinski definition) is 4. The zero-order chi connectivity index (χ0) is 22.9. The van der Waals surface area contributed by atoms with Crippen molar-refractivity contribution in [1.29, 1.82) is 0 Å². The average Bonchev–Trinajstić information content (AvgIpc) is 3.27. The predicted octanol–water partition coefficient (Wildman–Crippen LogP) is 3.39. The number of amides is 1. The van der Waals surface area contributed by atoms with Crippen LogP contribution in [-0.4, -0.2) is 70.2 Å². The first-order valence-corrected chi connectivity index (χ1v) is 11.2. The Bertz CT molecular complexity index is 935. The Morgan fingerprint density at radius 3 is 2.73 bits per heavy atom. The fourth-order valence-corrected chi connectivity index (χ4v) is 3.92. The molecule has 7 nitrogen and oxygen atoms in total. The zero-order valence-corrected chi connectivity index (χ0v) is 22.3. The number of carbonyl (C=O) groups excluding carboxylic acids is 1. The van der Waals surface area contributed by atoms with Crippen LogP contribution in [0.5, 0.6) is 5.75 Å². The molecule has 180 valence electrons. The molecule has 2 aromatic carbocycles. The minimum Gasteiger partial charge on any atom is -0.495 e. The molecule has 3 rings (SSSR count). The first kappa shape index (κ1) is 26.8. The van der Waals surface area contributed by atoms with E-state index in [0.717, 1.165) is 55.4 Å². The summed E-state index contributed by atoms with van der Waals surface area (Å²) >= 11 is 0. The molecular weight excluding hydrogens is 529 g/mol. The lowest BCUT2D eigenvalue weighted by molar-refractivity contribution is 0.0827. The van der Waals surface area contributed by atoms with Gasteiger partial charge in [0.05, 0.1) is 12.8 Å². The van der Waals surface area contributed by atoms with Gasteiger partial charge < -0.3 is 25.2 Å². The number of carbonyl (C=O) groups is 1. The molecule has 1 heterocycles. The number of rotatable bonds is 8. The van der Waals surface area contributed by atoms with Crippen molar-refractivity contribution in [3.63, 3.8) is 0 Å². The van der Waals surface area contributed by atoms with Gasteiger partial charge in [-0.25, -0.2) is 0 Å². The highest BCUT2D eigenvalue weighted by Crippen LogP contribution is 2.30. The molecule has 0 spiro atoms. The molecule has 2 N–H and O–H groups in total. The summed E-state index contributed by atoms with van der Waals surface area (Å²) in [6.45, 7) is 5.41. The number of nitrogens with zero attached hydrogens (tertiary/aromatic N) is 3. The summed E-state index contributed by atoms with van der Waals surface area (Å²) in [7, 11) is 5.25. The number of anilines is 1. The molecule has 1 atom stereocenters. The Morgan fingerprint density at radius 1 is 1.21 bits per heavy atom. The molecule has 1 amide bonds. The smallest absolute Gasteiger partial charge is 0.253 e. The molecular formula is C25H36IN5O2. The fraction of sp³-hybridized carbons (Fsp3) is 0.440. The number of ether oxygens (including phenoxy) is 1. The quantitative estimate of drug-likeness (QED) is 0.292. The van der Waals surface area contributed by atoms with E-state index in [1.165, 1.54) is 0 Å². The number of nitrogens with one attached hydrogen (secondary N) is 2. The largest absolute Gasteiger partial charge is 0.495 e. The first-order chi connectivity index (χ1) is 15.5. The van der Waals surface area contributed by atoms with Gasteiger partial charge in [0.25, 0.3) is 5.91 Å². The van der Waals surface area contributed by atoms with E-state index in [4.69, 9.17) is 9.73 Å². The SMILES string of the molecule is CCNC(=NCCc1cccc(C(=O)N(C)C)c1)NC1CCN(c2ccccc2OC)C1.I. The van der Waals surface area contributed by atoms with Crippen LogP contribution in [0.1, 0.15) is 29.3 Å². The number of halogens is 1. The lowest BCUT2D eigenvalue weighted by atomic mass is 10.1. The maximum atomic E-state index is 12.2. The third kappa shape index (κ3) is 7.52. The summed E-state index contributed by atoms with van der Waals surface area (Å²) in [6.07, 6.45) is 1.82. The molecule has 1 saturated heterocycles. The van der Waals surface area contributed by atoms with E-state index in [1.807, 2.05) is 42.5 Å². The van der Waals surface area contributed by atoms with Crippen LogP contribution in [0.25, 0.3) is 0 Å². The summed E-state index contributed by atoms with van der Waals surface area (Å²) in [5.41, 5.74) is 2.96. The van der Waals surface area contributed by atoms with Gasteiger partial charge in [-0.05, 0) is 49.6 Å². The normalized spacial score (nSPS) is 15.6. The van der Waals surface area contributed by atoms with Crippen molar-refractivity contribution in [2.24, 2.45) is 4.99 Å². The second kappa shape index (κ2) is 13.3. The highest BCUT2D eigenvalue weighted by Gasteiger charge is 2.25. The highest BCUT2D eigenvalue weighted by atomic mass is 127. The second-order valence-corrected chi connectivity index (χ2v) is 8.16. The van der Waals surface area contributed by atoms with Crippen molar-refractivity contribution in [3.8, 4) is 5.75 Å². The number of para-hydroxylation sites is 2. The lowest BCUT2D eigenvalue weighted by Gasteiger charge is -2.22. The Kier molecular flexibility index (Phi) is 10.8. The van der Waals surface area contributed by atoms with Crippen molar-refractivity contribution < 1.29 is 9.53 Å². The van der Waals surface area contributed by atoms with Crippen LogP contribution >= 0.6 is 24.0 Å². The number of benzene rings is 2. The predicted molar refractivity (Wildman–Crippen MR) is 146 cm³/mol. The molecule has 0 aromatic heterocycles. The van der Waals surface area contributed by atoms with Crippen molar-refractivity contribution >= 4 is 41.5 Å². The number of methoxy groups -OCH3 is 1. The van der Waals surface area contributed by atoms with Gasteiger partial charge in [-0.2, -0.15) is 0 Å². The van der Waals surface area contributed by atoms with E-state index >= 15 is 0 Å². The van der Waals surface area contributed by atoms with Crippen LogP contribution in [0, 0.1) is 0 Å². The summed E-state index contributed by atoms with van der Waals surface area (Å²) < 4.78 is 5.52. The van der Waals surface area contributed by atoms with Crippen LogP contribution < -0.4 is 20.3 Å². The molecule has 0 radical (unpaired) electrons. The van der Waals surface area contributed by atoms with E-state index in [-0.39, 0.29) is 29.9 Å². The molecule has 2 aromatic rings. The van der Waals surface area contributed by atoms with Gasteiger partial charge in [-0.3, -0.25) is 9.79 Å². The summed E-state index contributed by atoms with van der Waals surface area (Å²) in [5.74, 6) is 1.76. The first-order valence-electron chi connectivity index (χ1n) is 11.2. The van der Waals surface area contributed by atoms with Gasteiger partial charge in [-0.1, -0.05) is 24.3 Å². The minimum absolute atomic E-state index is 0. The molecule has 1 aliphatic rings. The standard InChI is InChI=1S/C25H35N5O2.HI/c1-5-26-25(27-15-13-19-9-8-10-20(17-19)24(31)29(2)3)28-21-14-16-30(18-21)22-11-6-7-12-23(22)32-4;/h6-12,17,21H,5,13-16,18H2,1-4H3,(H2,26,27,28);1H. The van der Waals surface area contributed by atoms with E-state index in [0.29, 0.717) is 18.2 Å². The summed E-state index contributed by atoms with van der Waals surface area (Å²) in [5, 5.41) is 6.93. The Labute approximate surface area is 214 Å². The third-order valence-corrected chi connectivity index (χ3v) is 5.55. The van der Waals surface area contributed by atoms with Gasteiger partial charge in [0.2, 0.25) is 0 Å². The van der Waals surface area contributed by atoms with Crippen molar-refractivity contribution in [2.45, 2.75) is 25.8 Å². The van der Waals surface area contributed by atoms with Gasteiger partial charge >= 0.3 is 0 Å². The van der Waals surface area contributed by atoms with E-state index in [9.17, 15) is 4.79 Å². The number of aliphatic imine (C=N–C) groups is 1. The van der Waals surface area contributed by atoms with Crippen molar-refractivity contribution in [3.05, 3.63) is 59.7 Å². The molecule has 1 unspecified atom stereocenters. The van der Waals surface area contributed by atoms with Gasteiger partial charge in [0.15, 0.2) is 5.96 Å². The van der Waals surface area contributed by atoms with Gasteiger partial charge in [0.1, 0.15) is 5.75 Å². The summed E-state index contributed by atoms with van der Waals surface area (Å²) in [6, 6.07) is 16.3. The maximum absolute atomic E-state index is 12.2. The molecule has 0 bridgehead atoms. The van der Waals surface area contributed by atoms with Crippen molar-refractivity contribution in [2.75, 3.05) is 52.3 Å². The monoisotopic (exact) mass is 565 g/mol. The zero-order valence-electron chi connectivity index (χ0n) is 20.0. The lowest BCUT2D eigenvalue weighted by Crippen LogP contribution is -2.44. The molecule has 1 fully saturated rings. The Hall–Kier alpha value is -2.49. The minimum atomic E-state index is 0. The number of hydrogen-bond donors (Lipinski definition) is 2. The highest BCUT2D eigenvalue weighted by molar-refractivity contribution is 14.0. The number of guanidine groups is 1. The third-order valence-electron chi connectivity index (χ3n) is 5.55. The Balaban J connectivity index is 0.00000385. The maximum Gasteiger partial charge on any atom is 0.253 e. The topological polar surface area (TPSA) is 69.2 Å². The van der Waals surface area contributed by atoms with Gasteiger partial charge in [-0.15, -0.1) is 24.0 Å². The van der Waals surface area contributed by atoms with E-state index in [1.54, 1.807) is 26.1 Å². The average molecular weight is 566 g/mol. The molecule has 8 heteroatoms. The van der Waals surface area contributed by atoms with Crippen molar-refractivity contribution in [1.82, 2.24) is 15.5 Å². The molecule has 0 aliphatic carbocycles. The van der Waals surface area contributed by atoms with Crippen LogP contribution in [0.2, 0.25) is 0 Å². The van der Waals surface area contributed by atoms with E-state index in [2.05, 4.69) is 28.5 Å². The molecule has 0 saturated carbocycles. The van der Waals surface area contributed by atoms with Crippen LogP contribution in [0.4, 0.5) is 5.69 Å². The van der Waals surface area contributed by atoms with E-state index < -0.39 is 0 Å². The van der Waals surface area contributed by atoms with Crippen LogP contribution in [0.15, 0.2) is 53.5 Å². The fourth-order valence-electron chi connectivity index (χ4n) is 3.92. The summed E-state index contributed by atoms with van der Waals surface area (Å²) in [4.78, 5) is 20.9. The molecule has 33 heavy (non-hydrogen) atoms.